The van der Waals surface area contributed by atoms with E-state index in [2.05, 4.69) is 20.4 Å². The SMILES string of the molecule is NS(=O)(=O)c1ccc(Nc2cc(CC3CCCCC3)nc3ncnn23)cc1. The van der Waals surface area contributed by atoms with Gasteiger partial charge in [0.1, 0.15) is 12.1 Å². The molecule has 2 aromatic heterocycles. The minimum absolute atomic E-state index is 0.0756. The van der Waals surface area contributed by atoms with E-state index in [1.165, 1.54) is 50.6 Å². The summed E-state index contributed by atoms with van der Waals surface area (Å²) >= 11 is 0. The first-order valence-electron chi connectivity index (χ1n) is 9.08. The van der Waals surface area contributed by atoms with Crippen LogP contribution in [0.5, 0.6) is 0 Å². The molecule has 9 heteroatoms. The maximum absolute atomic E-state index is 11.4. The number of benzene rings is 1. The molecular weight excluding hydrogens is 364 g/mol. The molecule has 0 unspecified atom stereocenters. The standard InChI is InChI=1S/C18H22N6O2S/c19-27(25,26)16-8-6-14(7-9-16)22-17-11-15(10-13-4-2-1-3-5-13)23-18-20-12-21-24(17)18/h6-9,11-13,22H,1-5,10H2,(H2,19,25,26). The van der Waals surface area contributed by atoms with Gasteiger partial charge in [-0.15, -0.1) is 0 Å². The second-order valence-corrected chi connectivity index (χ2v) is 8.57. The van der Waals surface area contributed by atoms with Crippen LogP contribution in [-0.4, -0.2) is 28.0 Å². The summed E-state index contributed by atoms with van der Waals surface area (Å²) in [6.07, 6.45) is 8.81. The largest absolute Gasteiger partial charge is 0.340 e. The average Bonchev–Trinajstić information content (AvgIpc) is 3.11. The summed E-state index contributed by atoms with van der Waals surface area (Å²) in [5.41, 5.74) is 1.72. The van der Waals surface area contributed by atoms with Gasteiger partial charge >= 0.3 is 0 Å². The lowest BCUT2D eigenvalue weighted by atomic mass is 9.86. The number of primary sulfonamides is 1. The minimum atomic E-state index is -3.71. The van der Waals surface area contributed by atoms with Gasteiger partial charge in [-0.25, -0.2) is 18.5 Å². The molecular formula is C18H22N6O2S. The van der Waals surface area contributed by atoms with Crippen molar-refractivity contribution in [2.45, 2.75) is 43.4 Å². The summed E-state index contributed by atoms with van der Waals surface area (Å²) in [6, 6.07) is 8.28. The van der Waals surface area contributed by atoms with Crippen LogP contribution < -0.4 is 10.5 Å². The van der Waals surface area contributed by atoms with Crippen molar-refractivity contribution in [1.82, 2.24) is 19.6 Å². The third-order valence-electron chi connectivity index (χ3n) is 4.98. The van der Waals surface area contributed by atoms with Gasteiger partial charge in [0.05, 0.1) is 4.90 Å². The lowest BCUT2D eigenvalue weighted by molar-refractivity contribution is 0.354. The average molecular weight is 386 g/mol. The van der Waals surface area contributed by atoms with E-state index in [9.17, 15) is 8.42 Å². The van der Waals surface area contributed by atoms with Crippen LogP contribution >= 0.6 is 0 Å². The first-order valence-corrected chi connectivity index (χ1v) is 10.6. The fourth-order valence-corrected chi connectivity index (χ4v) is 4.13. The number of nitrogens with one attached hydrogen (secondary N) is 1. The molecule has 3 N–H and O–H groups in total. The van der Waals surface area contributed by atoms with Gasteiger partial charge in [-0.2, -0.15) is 14.6 Å². The molecule has 0 amide bonds. The third kappa shape index (κ3) is 4.09. The Morgan fingerprint density at radius 2 is 1.89 bits per heavy atom. The van der Waals surface area contributed by atoms with E-state index in [4.69, 9.17) is 5.14 Å². The van der Waals surface area contributed by atoms with Crippen LogP contribution in [0.1, 0.15) is 37.8 Å². The number of fused-ring (bicyclic) bond motifs is 1. The van der Waals surface area contributed by atoms with Crippen LogP contribution in [0.15, 0.2) is 41.6 Å². The quantitative estimate of drug-likeness (QED) is 0.696. The summed E-state index contributed by atoms with van der Waals surface area (Å²) in [6.45, 7) is 0. The molecule has 0 radical (unpaired) electrons. The van der Waals surface area contributed by atoms with Crippen molar-refractivity contribution in [3.8, 4) is 0 Å². The van der Waals surface area contributed by atoms with Gasteiger partial charge in [0, 0.05) is 17.4 Å². The zero-order valence-electron chi connectivity index (χ0n) is 14.9. The van der Waals surface area contributed by atoms with Crippen LogP contribution in [0.2, 0.25) is 0 Å². The lowest BCUT2D eigenvalue weighted by Gasteiger charge is -2.21. The molecule has 8 nitrogen and oxygen atoms in total. The molecule has 0 spiro atoms. The number of aromatic nitrogens is 4. The summed E-state index contributed by atoms with van der Waals surface area (Å²) in [4.78, 5) is 8.93. The van der Waals surface area contributed by atoms with E-state index in [0.29, 0.717) is 11.7 Å². The van der Waals surface area contributed by atoms with Gasteiger partial charge in [-0.3, -0.25) is 0 Å². The maximum Gasteiger partial charge on any atom is 0.254 e. The Hall–Kier alpha value is -2.52. The summed E-state index contributed by atoms with van der Waals surface area (Å²) < 4.78 is 24.4. The molecule has 4 rings (SSSR count). The highest BCUT2D eigenvalue weighted by molar-refractivity contribution is 7.89. The molecule has 1 saturated carbocycles. The predicted octanol–water partition coefficient (Wildman–Crippen LogP) is 2.64. The van der Waals surface area contributed by atoms with Crippen LogP contribution in [0.25, 0.3) is 5.78 Å². The topological polar surface area (TPSA) is 115 Å². The Bertz CT molecular complexity index is 1040. The van der Waals surface area contributed by atoms with Gasteiger partial charge < -0.3 is 5.32 Å². The zero-order valence-corrected chi connectivity index (χ0v) is 15.7. The second-order valence-electron chi connectivity index (χ2n) is 7.01. The van der Waals surface area contributed by atoms with E-state index in [1.54, 1.807) is 16.6 Å². The highest BCUT2D eigenvalue weighted by atomic mass is 32.2. The number of hydrogen-bond acceptors (Lipinski definition) is 6. The van der Waals surface area contributed by atoms with Gasteiger partial charge in [-0.1, -0.05) is 32.1 Å². The number of rotatable bonds is 5. The van der Waals surface area contributed by atoms with Crippen molar-refractivity contribution in [1.29, 1.82) is 0 Å². The Morgan fingerprint density at radius 3 is 2.59 bits per heavy atom. The van der Waals surface area contributed by atoms with Crippen molar-refractivity contribution >= 4 is 27.3 Å². The summed E-state index contributed by atoms with van der Waals surface area (Å²) in [5, 5.41) is 12.6. The Kier molecular flexibility index (Phi) is 4.79. The molecule has 0 saturated heterocycles. The molecule has 0 bridgehead atoms. The van der Waals surface area contributed by atoms with Crippen molar-refractivity contribution in [3.05, 3.63) is 42.4 Å². The fraction of sp³-hybridized carbons (Fsp3) is 0.389. The van der Waals surface area contributed by atoms with Crippen LogP contribution in [0.3, 0.4) is 0 Å². The molecule has 1 aliphatic carbocycles. The highest BCUT2D eigenvalue weighted by Gasteiger charge is 2.17. The highest BCUT2D eigenvalue weighted by Crippen LogP contribution is 2.27. The molecule has 0 aliphatic heterocycles. The minimum Gasteiger partial charge on any atom is -0.340 e. The number of nitrogens with two attached hydrogens (primary N) is 1. The van der Waals surface area contributed by atoms with Crippen molar-refractivity contribution in [2.75, 3.05) is 5.32 Å². The molecule has 2 heterocycles. The molecule has 1 fully saturated rings. The Labute approximate surface area is 157 Å². The van der Waals surface area contributed by atoms with Gasteiger partial charge in [-0.05, 0) is 36.6 Å². The van der Waals surface area contributed by atoms with Crippen LogP contribution in [0, 0.1) is 5.92 Å². The van der Waals surface area contributed by atoms with Gasteiger partial charge in [0.25, 0.3) is 5.78 Å². The Morgan fingerprint density at radius 1 is 1.15 bits per heavy atom. The molecule has 0 atom stereocenters. The number of sulfonamides is 1. The van der Waals surface area contributed by atoms with Crippen molar-refractivity contribution in [3.63, 3.8) is 0 Å². The molecule has 1 aliphatic rings. The van der Waals surface area contributed by atoms with E-state index in [1.807, 2.05) is 6.07 Å². The van der Waals surface area contributed by atoms with Gasteiger partial charge in [0.2, 0.25) is 10.0 Å². The van der Waals surface area contributed by atoms with Crippen molar-refractivity contribution < 1.29 is 8.42 Å². The second kappa shape index (κ2) is 7.24. The molecule has 142 valence electrons. The van der Waals surface area contributed by atoms with Crippen LogP contribution in [-0.2, 0) is 16.4 Å². The summed E-state index contributed by atoms with van der Waals surface area (Å²) in [7, 11) is -3.71. The smallest absolute Gasteiger partial charge is 0.254 e. The van der Waals surface area contributed by atoms with Gasteiger partial charge in [0.15, 0.2) is 0 Å². The maximum atomic E-state index is 11.4. The molecule has 3 aromatic rings. The molecule has 27 heavy (non-hydrogen) atoms. The normalized spacial score (nSPS) is 15.9. The first kappa shape index (κ1) is 17.9. The van der Waals surface area contributed by atoms with E-state index >= 15 is 0 Å². The number of hydrogen-bond donors (Lipinski definition) is 2. The lowest BCUT2D eigenvalue weighted by Crippen LogP contribution is -2.12. The first-order chi connectivity index (χ1) is 13.0. The predicted molar refractivity (Wildman–Crippen MR) is 102 cm³/mol. The Balaban J connectivity index is 1.61. The van der Waals surface area contributed by atoms with E-state index in [0.717, 1.165) is 23.6 Å². The zero-order chi connectivity index (χ0) is 18.9. The van der Waals surface area contributed by atoms with Crippen molar-refractivity contribution in [2.24, 2.45) is 11.1 Å². The van der Waals surface area contributed by atoms with E-state index in [-0.39, 0.29) is 4.90 Å². The monoisotopic (exact) mass is 386 g/mol. The summed E-state index contributed by atoms with van der Waals surface area (Å²) in [5.74, 6) is 1.96. The van der Waals surface area contributed by atoms with E-state index < -0.39 is 10.0 Å². The number of anilines is 2. The van der Waals surface area contributed by atoms with Crippen LogP contribution in [0.4, 0.5) is 11.5 Å². The fourth-order valence-electron chi connectivity index (χ4n) is 3.62. The molecule has 1 aromatic carbocycles. The number of nitrogens with zero attached hydrogens (tertiary/aromatic N) is 4. The third-order valence-corrected chi connectivity index (χ3v) is 5.91.